The van der Waals surface area contributed by atoms with Gasteiger partial charge in [0, 0.05) is 13.2 Å². The number of hydrogen-bond acceptors (Lipinski definition) is 3. The Morgan fingerprint density at radius 1 is 1.38 bits per heavy atom. The molecule has 0 aliphatic heterocycles. The van der Waals surface area contributed by atoms with Gasteiger partial charge in [0.25, 0.3) is 0 Å². The van der Waals surface area contributed by atoms with E-state index >= 15 is 0 Å². The fraction of sp³-hybridized carbons (Fsp3) is 0.562. The zero-order valence-electron chi connectivity index (χ0n) is 12.6. The molecule has 4 nitrogen and oxygen atoms in total. The monoisotopic (exact) mass is 312 g/mol. The van der Waals surface area contributed by atoms with Gasteiger partial charge in [-0.05, 0) is 43.9 Å². The van der Waals surface area contributed by atoms with Crippen molar-refractivity contribution < 1.29 is 9.53 Å². The van der Waals surface area contributed by atoms with Crippen molar-refractivity contribution >= 4 is 18.3 Å². The summed E-state index contributed by atoms with van der Waals surface area (Å²) >= 11 is 0. The maximum absolute atomic E-state index is 11.3. The summed E-state index contributed by atoms with van der Waals surface area (Å²) in [5, 5.41) is 5.69. The molecule has 1 aliphatic carbocycles. The minimum atomic E-state index is 0. The molecule has 0 bridgehead atoms. The zero-order valence-corrected chi connectivity index (χ0v) is 13.4. The molecule has 118 valence electrons. The number of amides is 1. The second kappa shape index (κ2) is 9.77. The molecule has 5 heteroatoms. The number of nitrogens with one attached hydrogen (secondary N) is 2. The van der Waals surface area contributed by atoms with Gasteiger partial charge in [-0.15, -0.1) is 12.4 Å². The Kier molecular flexibility index (Phi) is 8.35. The molecule has 1 aromatic rings. The molecule has 1 amide bonds. The average Bonchev–Trinajstić information content (AvgIpc) is 2.47. The van der Waals surface area contributed by atoms with Crippen molar-refractivity contribution in [2.45, 2.75) is 31.8 Å². The molecule has 0 aromatic heterocycles. The first-order chi connectivity index (χ1) is 9.81. The first-order valence-electron chi connectivity index (χ1n) is 7.42. The molecule has 1 atom stereocenters. The Balaban J connectivity index is 0.00000220. The topological polar surface area (TPSA) is 50.4 Å². The molecule has 0 radical (unpaired) electrons. The van der Waals surface area contributed by atoms with Gasteiger partial charge in [0.1, 0.15) is 0 Å². The number of carbonyl (C=O) groups excluding carboxylic acids is 1. The summed E-state index contributed by atoms with van der Waals surface area (Å²) in [6.45, 7) is 1.74. The molecule has 1 aromatic carbocycles. The molecule has 0 fully saturated rings. The van der Waals surface area contributed by atoms with E-state index in [4.69, 9.17) is 4.74 Å². The van der Waals surface area contributed by atoms with Gasteiger partial charge >= 0.3 is 0 Å². The second-order valence-electron chi connectivity index (χ2n) is 5.18. The molecule has 0 saturated carbocycles. The lowest BCUT2D eigenvalue weighted by Crippen LogP contribution is -2.33. The van der Waals surface area contributed by atoms with E-state index in [9.17, 15) is 4.79 Å². The summed E-state index contributed by atoms with van der Waals surface area (Å²) in [4.78, 5) is 11.3. The first kappa shape index (κ1) is 18.0. The van der Waals surface area contributed by atoms with Crippen LogP contribution >= 0.6 is 12.4 Å². The van der Waals surface area contributed by atoms with Gasteiger partial charge in [-0.1, -0.05) is 24.3 Å². The third-order valence-corrected chi connectivity index (χ3v) is 3.61. The second-order valence-corrected chi connectivity index (χ2v) is 5.18. The lowest BCUT2D eigenvalue weighted by molar-refractivity contribution is -0.120. The largest absolute Gasteiger partial charge is 0.373 e. The molecule has 2 rings (SSSR count). The fourth-order valence-corrected chi connectivity index (χ4v) is 2.63. The zero-order chi connectivity index (χ0) is 14.2. The van der Waals surface area contributed by atoms with Crippen LogP contribution in [0.1, 0.15) is 36.5 Å². The van der Waals surface area contributed by atoms with Crippen molar-refractivity contribution in [3.05, 3.63) is 35.4 Å². The molecule has 0 spiro atoms. The molecular weight excluding hydrogens is 288 g/mol. The van der Waals surface area contributed by atoms with E-state index in [2.05, 4.69) is 34.9 Å². The molecule has 0 heterocycles. The van der Waals surface area contributed by atoms with Crippen LogP contribution in [-0.4, -0.2) is 32.7 Å². The Hall–Kier alpha value is -1.10. The highest BCUT2D eigenvalue weighted by Crippen LogP contribution is 2.32. The molecule has 1 unspecified atom stereocenters. The normalized spacial score (nSPS) is 16.7. The van der Waals surface area contributed by atoms with Gasteiger partial charge in [-0.3, -0.25) is 4.79 Å². The highest BCUT2D eigenvalue weighted by molar-refractivity contribution is 5.85. The van der Waals surface area contributed by atoms with Gasteiger partial charge in [-0.2, -0.15) is 0 Å². The van der Waals surface area contributed by atoms with Gasteiger partial charge in [0.15, 0.2) is 0 Å². The third kappa shape index (κ3) is 5.65. The molecule has 0 saturated heterocycles. The summed E-state index contributed by atoms with van der Waals surface area (Å²) in [6.07, 6.45) is 4.54. The Morgan fingerprint density at radius 2 is 2.19 bits per heavy atom. The smallest absolute Gasteiger partial charge is 0.233 e. The lowest BCUT2D eigenvalue weighted by atomic mass is 9.89. The van der Waals surface area contributed by atoms with Crippen molar-refractivity contribution in [3.63, 3.8) is 0 Å². The maximum Gasteiger partial charge on any atom is 0.233 e. The SMILES string of the molecule is CNCC(=O)NCCCOC1CCCc2ccccc21.Cl. The van der Waals surface area contributed by atoms with Crippen LogP contribution in [0.25, 0.3) is 0 Å². The van der Waals surface area contributed by atoms with Crippen LogP contribution in [0.5, 0.6) is 0 Å². The summed E-state index contributed by atoms with van der Waals surface area (Å²) in [6, 6.07) is 8.55. The van der Waals surface area contributed by atoms with Crippen LogP contribution in [-0.2, 0) is 16.0 Å². The number of halogens is 1. The lowest BCUT2D eigenvalue weighted by Gasteiger charge is -2.25. The third-order valence-electron chi connectivity index (χ3n) is 3.61. The number of benzene rings is 1. The van der Waals surface area contributed by atoms with Crippen molar-refractivity contribution in [2.24, 2.45) is 0 Å². The molecular formula is C16H25ClN2O2. The summed E-state index contributed by atoms with van der Waals surface area (Å²) in [5.41, 5.74) is 2.77. The standard InChI is InChI=1S/C16H24N2O2.ClH/c1-17-12-16(19)18-10-5-11-20-15-9-4-7-13-6-2-3-8-14(13)15;/h2-3,6,8,15,17H,4-5,7,9-12H2,1H3,(H,18,19);1H. The summed E-state index contributed by atoms with van der Waals surface area (Å²) in [5.74, 6) is 0.0375. The Bertz CT molecular complexity index is 440. The molecule has 2 N–H and O–H groups in total. The van der Waals surface area contributed by atoms with E-state index in [1.54, 1.807) is 7.05 Å². The summed E-state index contributed by atoms with van der Waals surface area (Å²) < 4.78 is 5.98. The predicted octanol–water partition coefficient (Wildman–Crippen LogP) is 2.23. The number of hydrogen-bond donors (Lipinski definition) is 2. The van der Waals surface area contributed by atoms with E-state index in [1.165, 1.54) is 17.5 Å². The van der Waals surface area contributed by atoms with Gasteiger partial charge < -0.3 is 15.4 Å². The molecule has 1 aliphatic rings. The van der Waals surface area contributed by atoms with Gasteiger partial charge in [-0.25, -0.2) is 0 Å². The van der Waals surface area contributed by atoms with Gasteiger partial charge in [0.05, 0.1) is 12.6 Å². The number of rotatable bonds is 7. The van der Waals surface area contributed by atoms with E-state index in [1.807, 2.05) is 0 Å². The number of fused-ring (bicyclic) bond motifs is 1. The van der Waals surface area contributed by atoms with Crippen molar-refractivity contribution in [3.8, 4) is 0 Å². The maximum atomic E-state index is 11.3. The average molecular weight is 313 g/mol. The predicted molar refractivity (Wildman–Crippen MR) is 86.9 cm³/mol. The Morgan fingerprint density at radius 3 is 3.00 bits per heavy atom. The quantitative estimate of drug-likeness (QED) is 0.759. The van der Waals surface area contributed by atoms with Crippen LogP contribution < -0.4 is 10.6 Å². The number of likely N-dealkylation sites (N-methyl/N-ethyl adjacent to an activating group) is 1. The van der Waals surface area contributed by atoms with E-state index in [-0.39, 0.29) is 24.4 Å². The van der Waals surface area contributed by atoms with Crippen molar-refractivity contribution in [2.75, 3.05) is 26.7 Å². The number of ether oxygens (including phenoxy) is 1. The highest BCUT2D eigenvalue weighted by Gasteiger charge is 2.19. The van der Waals surface area contributed by atoms with Crippen LogP contribution in [0, 0.1) is 0 Å². The minimum Gasteiger partial charge on any atom is -0.373 e. The highest BCUT2D eigenvalue weighted by atomic mass is 35.5. The van der Waals surface area contributed by atoms with Crippen molar-refractivity contribution in [1.82, 2.24) is 10.6 Å². The van der Waals surface area contributed by atoms with E-state index in [0.29, 0.717) is 19.7 Å². The first-order valence-corrected chi connectivity index (χ1v) is 7.42. The van der Waals surface area contributed by atoms with Crippen LogP contribution in [0.4, 0.5) is 0 Å². The molecule has 21 heavy (non-hydrogen) atoms. The minimum absolute atomic E-state index is 0. The number of carbonyl (C=O) groups is 1. The van der Waals surface area contributed by atoms with E-state index in [0.717, 1.165) is 19.3 Å². The van der Waals surface area contributed by atoms with Gasteiger partial charge in [0.2, 0.25) is 5.91 Å². The number of aryl methyl sites for hydroxylation is 1. The van der Waals surface area contributed by atoms with Crippen LogP contribution in [0.15, 0.2) is 24.3 Å². The fourth-order valence-electron chi connectivity index (χ4n) is 2.63. The van der Waals surface area contributed by atoms with Crippen LogP contribution in [0.3, 0.4) is 0 Å². The van der Waals surface area contributed by atoms with Crippen LogP contribution in [0.2, 0.25) is 0 Å². The van der Waals surface area contributed by atoms with Crippen molar-refractivity contribution in [1.29, 1.82) is 0 Å². The van der Waals surface area contributed by atoms with E-state index < -0.39 is 0 Å². The summed E-state index contributed by atoms with van der Waals surface area (Å²) in [7, 11) is 1.77. The Labute approximate surface area is 133 Å².